The summed E-state index contributed by atoms with van der Waals surface area (Å²) in [6.45, 7) is 1.91. The molecule has 1 aromatic carbocycles. The Bertz CT molecular complexity index is 531. The van der Waals surface area contributed by atoms with E-state index in [1.807, 2.05) is 13.0 Å². The molecule has 0 radical (unpaired) electrons. The highest BCUT2D eigenvalue weighted by Crippen LogP contribution is 2.28. The van der Waals surface area contributed by atoms with Gasteiger partial charge in [-0.25, -0.2) is 4.79 Å². The monoisotopic (exact) mass is 206 g/mol. The molecule has 0 saturated carbocycles. The van der Waals surface area contributed by atoms with Crippen LogP contribution in [0.1, 0.15) is 16.1 Å². The summed E-state index contributed by atoms with van der Waals surface area (Å²) in [5.74, 6) is -0.542. The zero-order valence-corrected chi connectivity index (χ0v) is 8.37. The van der Waals surface area contributed by atoms with Crippen LogP contribution in [0.4, 0.5) is 0 Å². The van der Waals surface area contributed by atoms with Crippen LogP contribution in [0.5, 0.6) is 5.75 Å². The fourth-order valence-electron chi connectivity index (χ4n) is 1.57. The van der Waals surface area contributed by atoms with Gasteiger partial charge in [0.2, 0.25) is 0 Å². The number of aromatic amines is 1. The topological polar surface area (TPSA) is 75.2 Å². The first kappa shape index (κ1) is 9.51. The van der Waals surface area contributed by atoms with Crippen LogP contribution < -0.4 is 4.74 Å². The van der Waals surface area contributed by atoms with Crippen molar-refractivity contribution in [3.63, 3.8) is 0 Å². The fraction of sp³-hybridized carbons (Fsp3) is 0.200. The van der Waals surface area contributed by atoms with Gasteiger partial charge in [-0.3, -0.25) is 5.10 Å². The van der Waals surface area contributed by atoms with Crippen LogP contribution in [0.3, 0.4) is 0 Å². The minimum atomic E-state index is -1.07. The van der Waals surface area contributed by atoms with Gasteiger partial charge in [-0.1, -0.05) is 0 Å². The highest BCUT2D eigenvalue weighted by atomic mass is 16.5. The Kier molecular flexibility index (Phi) is 2.07. The van der Waals surface area contributed by atoms with Crippen molar-refractivity contribution in [1.82, 2.24) is 10.2 Å². The van der Waals surface area contributed by atoms with Gasteiger partial charge >= 0.3 is 5.97 Å². The first-order chi connectivity index (χ1) is 7.13. The second kappa shape index (κ2) is 3.27. The molecule has 0 unspecified atom stereocenters. The van der Waals surface area contributed by atoms with Gasteiger partial charge in [0.05, 0.1) is 18.0 Å². The summed E-state index contributed by atoms with van der Waals surface area (Å²) in [6.07, 6.45) is 0. The number of carboxylic acid groups (broad SMARTS) is 1. The van der Waals surface area contributed by atoms with Crippen LogP contribution in [0.25, 0.3) is 10.9 Å². The third-order valence-corrected chi connectivity index (χ3v) is 2.19. The summed E-state index contributed by atoms with van der Waals surface area (Å²) in [6, 6.07) is 3.61. The van der Waals surface area contributed by atoms with Crippen LogP contribution in [-0.2, 0) is 0 Å². The van der Waals surface area contributed by atoms with Crippen molar-refractivity contribution >= 4 is 16.9 Å². The number of nitrogens with zero attached hydrogens (tertiary/aromatic N) is 1. The molecule has 15 heavy (non-hydrogen) atoms. The van der Waals surface area contributed by atoms with Gasteiger partial charge in [-0.2, -0.15) is 5.10 Å². The third kappa shape index (κ3) is 1.41. The zero-order chi connectivity index (χ0) is 11.0. The van der Waals surface area contributed by atoms with Gasteiger partial charge in [0.1, 0.15) is 5.75 Å². The molecule has 0 atom stereocenters. The number of nitrogens with one attached hydrogen (secondary N) is 1. The van der Waals surface area contributed by atoms with E-state index in [2.05, 4.69) is 10.2 Å². The number of aryl methyl sites for hydroxylation is 1. The number of hydrogen-bond acceptors (Lipinski definition) is 3. The molecule has 0 saturated heterocycles. The Morgan fingerprint density at radius 2 is 2.27 bits per heavy atom. The predicted octanol–water partition coefficient (Wildman–Crippen LogP) is 1.58. The van der Waals surface area contributed by atoms with Gasteiger partial charge < -0.3 is 9.84 Å². The van der Waals surface area contributed by atoms with Gasteiger partial charge in [0.25, 0.3) is 0 Å². The fourth-order valence-corrected chi connectivity index (χ4v) is 1.57. The first-order valence-electron chi connectivity index (χ1n) is 4.39. The average Bonchev–Trinajstić information content (AvgIpc) is 2.59. The maximum Gasteiger partial charge on any atom is 0.357 e. The molecular weight excluding hydrogens is 196 g/mol. The molecule has 78 valence electrons. The zero-order valence-electron chi connectivity index (χ0n) is 8.37. The number of hydrogen-bond donors (Lipinski definition) is 2. The number of aromatic carboxylic acids is 1. The standard InChI is InChI=1S/C10H10N2O3/c1-5-3-6-8(7(4-5)15-2)9(10(13)14)12-11-6/h3-4H,1-2H3,(H,11,12)(H,13,14). The van der Waals surface area contributed by atoms with Crippen molar-refractivity contribution in [3.8, 4) is 5.75 Å². The molecule has 0 bridgehead atoms. The molecule has 0 amide bonds. The van der Waals surface area contributed by atoms with Crippen LogP contribution in [0.2, 0.25) is 0 Å². The van der Waals surface area contributed by atoms with Crippen LogP contribution in [-0.4, -0.2) is 28.4 Å². The van der Waals surface area contributed by atoms with E-state index in [4.69, 9.17) is 9.84 Å². The summed E-state index contributed by atoms with van der Waals surface area (Å²) >= 11 is 0. The molecule has 1 aromatic heterocycles. The summed E-state index contributed by atoms with van der Waals surface area (Å²) in [4.78, 5) is 10.9. The Labute approximate surface area is 85.7 Å². The highest BCUT2D eigenvalue weighted by Gasteiger charge is 2.16. The number of ether oxygens (including phenoxy) is 1. The normalized spacial score (nSPS) is 10.5. The van der Waals surface area contributed by atoms with E-state index in [1.165, 1.54) is 7.11 Å². The second-order valence-corrected chi connectivity index (χ2v) is 3.27. The van der Waals surface area contributed by atoms with E-state index in [-0.39, 0.29) is 5.69 Å². The number of fused-ring (bicyclic) bond motifs is 1. The summed E-state index contributed by atoms with van der Waals surface area (Å²) in [5, 5.41) is 15.8. The molecule has 0 aliphatic rings. The number of carbonyl (C=O) groups is 1. The lowest BCUT2D eigenvalue weighted by Crippen LogP contribution is -1.98. The van der Waals surface area contributed by atoms with Crippen LogP contribution in [0.15, 0.2) is 12.1 Å². The minimum absolute atomic E-state index is 0.0122. The molecule has 0 fully saturated rings. The van der Waals surface area contributed by atoms with Gasteiger partial charge in [-0.15, -0.1) is 0 Å². The third-order valence-electron chi connectivity index (χ3n) is 2.19. The van der Waals surface area contributed by atoms with E-state index < -0.39 is 5.97 Å². The molecule has 2 rings (SSSR count). The second-order valence-electron chi connectivity index (χ2n) is 3.27. The summed E-state index contributed by atoms with van der Waals surface area (Å²) in [5.41, 5.74) is 1.64. The molecule has 0 aliphatic carbocycles. The number of benzene rings is 1. The molecule has 5 nitrogen and oxygen atoms in total. The minimum Gasteiger partial charge on any atom is -0.496 e. The molecule has 2 N–H and O–H groups in total. The lowest BCUT2D eigenvalue weighted by Gasteiger charge is -2.03. The quantitative estimate of drug-likeness (QED) is 0.782. The number of carboxylic acids is 1. The van der Waals surface area contributed by atoms with Crippen molar-refractivity contribution in [2.45, 2.75) is 6.92 Å². The van der Waals surface area contributed by atoms with E-state index in [9.17, 15) is 4.79 Å². The number of methoxy groups -OCH3 is 1. The average molecular weight is 206 g/mol. The molecular formula is C10H10N2O3. The van der Waals surface area contributed by atoms with Crippen molar-refractivity contribution in [2.75, 3.05) is 7.11 Å². The van der Waals surface area contributed by atoms with E-state index in [1.54, 1.807) is 6.07 Å². The maximum absolute atomic E-state index is 10.9. The number of aromatic nitrogens is 2. The Morgan fingerprint density at radius 3 is 2.87 bits per heavy atom. The number of rotatable bonds is 2. The van der Waals surface area contributed by atoms with E-state index in [0.717, 1.165) is 5.56 Å². The van der Waals surface area contributed by atoms with Crippen molar-refractivity contribution in [1.29, 1.82) is 0 Å². The van der Waals surface area contributed by atoms with Gasteiger partial charge in [0.15, 0.2) is 5.69 Å². The maximum atomic E-state index is 10.9. The molecule has 0 aliphatic heterocycles. The lowest BCUT2D eigenvalue weighted by molar-refractivity contribution is 0.0692. The van der Waals surface area contributed by atoms with E-state index >= 15 is 0 Å². The summed E-state index contributed by atoms with van der Waals surface area (Å²) in [7, 11) is 1.51. The SMILES string of the molecule is COc1cc(C)cc2[nH]nc(C(=O)O)c12. The lowest BCUT2D eigenvalue weighted by atomic mass is 10.1. The highest BCUT2D eigenvalue weighted by molar-refractivity contribution is 6.04. The smallest absolute Gasteiger partial charge is 0.357 e. The van der Waals surface area contributed by atoms with E-state index in [0.29, 0.717) is 16.7 Å². The van der Waals surface area contributed by atoms with Gasteiger partial charge in [0, 0.05) is 0 Å². The molecule has 0 spiro atoms. The largest absolute Gasteiger partial charge is 0.496 e. The molecule has 1 heterocycles. The number of H-pyrrole nitrogens is 1. The Morgan fingerprint density at radius 1 is 1.53 bits per heavy atom. The van der Waals surface area contributed by atoms with Crippen molar-refractivity contribution in [3.05, 3.63) is 23.4 Å². The van der Waals surface area contributed by atoms with Crippen LogP contribution >= 0.6 is 0 Å². The Hall–Kier alpha value is -2.04. The Balaban J connectivity index is 2.83. The van der Waals surface area contributed by atoms with Crippen LogP contribution in [0, 0.1) is 6.92 Å². The van der Waals surface area contributed by atoms with Crippen molar-refractivity contribution < 1.29 is 14.6 Å². The first-order valence-corrected chi connectivity index (χ1v) is 4.39. The molecule has 2 aromatic rings. The van der Waals surface area contributed by atoms with Gasteiger partial charge in [-0.05, 0) is 24.6 Å². The van der Waals surface area contributed by atoms with Crippen molar-refractivity contribution in [2.24, 2.45) is 0 Å². The molecule has 5 heteroatoms. The predicted molar refractivity (Wildman–Crippen MR) is 54.3 cm³/mol. The summed E-state index contributed by atoms with van der Waals surface area (Å²) < 4.78 is 5.13.